The van der Waals surface area contributed by atoms with Crippen molar-refractivity contribution in [1.82, 2.24) is 4.72 Å². The van der Waals surface area contributed by atoms with Crippen molar-refractivity contribution in [3.05, 3.63) is 35.1 Å². The minimum atomic E-state index is -3.84. The monoisotopic (exact) mass is 261 g/mol. The molecule has 0 heterocycles. The molecule has 0 fully saturated rings. The van der Waals surface area contributed by atoms with Crippen LogP contribution in [0.5, 0.6) is 0 Å². The predicted octanol–water partition coefficient (Wildman–Crippen LogP) is 0.638. The lowest BCUT2D eigenvalue weighted by Crippen LogP contribution is -2.30. The first-order chi connectivity index (χ1) is 7.80. The molecule has 0 bridgehead atoms. The molecule has 1 aromatic rings. The molecule has 5 nitrogen and oxygen atoms in total. The van der Waals surface area contributed by atoms with Gasteiger partial charge in [-0.15, -0.1) is 0 Å². The summed E-state index contributed by atoms with van der Waals surface area (Å²) in [5, 5.41) is 8.33. The van der Waals surface area contributed by atoms with Gasteiger partial charge >= 0.3 is 5.97 Å². The molecule has 0 saturated carbocycles. The summed E-state index contributed by atoms with van der Waals surface area (Å²) in [4.78, 5) is 10.2. The lowest BCUT2D eigenvalue weighted by Gasteiger charge is -2.06. The van der Waals surface area contributed by atoms with Gasteiger partial charge in [-0.05, 0) is 18.6 Å². The number of rotatable bonds is 5. The van der Waals surface area contributed by atoms with Gasteiger partial charge in [0.1, 0.15) is 12.4 Å². The van der Waals surface area contributed by atoms with Crippen molar-refractivity contribution in [2.75, 3.05) is 6.54 Å². The van der Waals surface area contributed by atoms with Gasteiger partial charge in [-0.25, -0.2) is 17.5 Å². The summed E-state index contributed by atoms with van der Waals surface area (Å²) >= 11 is 0. The number of benzene rings is 1. The molecule has 94 valence electrons. The second-order valence-electron chi connectivity index (χ2n) is 3.57. The minimum absolute atomic E-state index is 0.00786. The summed E-state index contributed by atoms with van der Waals surface area (Å²) in [7, 11) is -3.84. The number of sulfonamides is 1. The number of hydrogen-bond donors (Lipinski definition) is 2. The van der Waals surface area contributed by atoms with Crippen molar-refractivity contribution in [3.63, 3.8) is 0 Å². The van der Waals surface area contributed by atoms with Crippen LogP contribution < -0.4 is 4.72 Å². The normalized spacial score (nSPS) is 11.4. The predicted molar refractivity (Wildman–Crippen MR) is 59.4 cm³/mol. The highest BCUT2D eigenvalue weighted by molar-refractivity contribution is 7.88. The fourth-order valence-electron chi connectivity index (χ4n) is 1.20. The number of carboxylic acids is 1. The third-order valence-electron chi connectivity index (χ3n) is 2.00. The Labute approximate surface area is 98.3 Å². The van der Waals surface area contributed by atoms with Crippen molar-refractivity contribution in [2.24, 2.45) is 0 Å². The maximum absolute atomic E-state index is 13.4. The molecule has 0 aliphatic heterocycles. The Morgan fingerprint density at radius 3 is 2.65 bits per heavy atom. The summed E-state index contributed by atoms with van der Waals surface area (Å²) in [6.07, 6.45) is 0. The van der Waals surface area contributed by atoms with E-state index in [0.29, 0.717) is 5.56 Å². The molecule has 0 spiro atoms. The highest BCUT2D eigenvalue weighted by Crippen LogP contribution is 2.12. The maximum atomic E-state index is 13.4. The first-order valence-corrected chi connectivity index (χ1v) is 6.39. The molecular formula is C10H12FNO4S. The van der Waals surface area contributed by atoms with Gasteiger partial charge in [0.15, 0.2) is 0 Å². The average Bonchev–Trinajstić information content (AvgIpc) is 2.20. The summed E-state index contributed by atoms with van der Waals surface area (Å²) in [5.74, 6) is -2.49. The SMILES string of the molecule is Cc1ccc(CS(=O)(=O)NCC(=O)O)c(F)c1. The first kappa shape index (κ1) is 13.6. The second-order valence-corrected chi connectivity index (χ2v) is 5.38. The van der Waals surface area contributed by atoms with E-state index < -0.39 is 34.1 Å². The van der Waals surface area contributed by atoms with Gasteiger partial charge in [0.05, 0.1) is 5.75 Å². The zero-order valence-electron chi connectivity index (χ0n) is 9.10. The lowest BCUT2D eigenvalue weighted by atomic mass is 10.2. The number of halogens is 1. The molecule has 7 heteroatoms. The van der Waals surface area contributed by atoms with Crippen LogP contribution in [0.2, 0.25) is 0 Å². The van der Waals surface area contributed by atoms with Gasteiger partial charge in [-0.1, -0.05) is 12.1 Å². The molecule has 0 saturated heterocycles. The van der Waals surface area contributed by atoms with E-state index in [-0.39, 0.29) is 5.56 Å². The van der Waals surface area contributed by atoms with Gasteiger partial charge in [-0.2, -0.15) is 0 Å². The fourth-order valence-corrected chi connectivity index (χ4v) is 2.29. The topological polar surface area (TPSA) is 83.5 Å². The molecular weight excluding hydrogens is 249 g/mol. The molecule has 1 rings (SSSR count). The summed E-state index contributed by atoms with van der Waals surface area (Å²) in [6.45, 7) is 0.972. The standard InChI is InChI=1S/C10H12FNO4S/c1-7-2-3-8(9(11)4-7)6-17(15,16)12-5-10(13)14/h2-4,12H,5-6H2,1H3,(H,13,14). The Balaban J connectivity index is 2.79. The Bertz CT molecular complexity index is 527. The molecule has 0 amide bonds. The molecule has 0 unspecified atom stereocenters. The van der Waals surface area contributed by atoms with Gasteiger partial charge in [-0.3, -0.25) is 4.79 Å². The number of aliphatic carboxylic acids is 1. The van der Waals surface area contributed by atoms with Crippen molar-refractivity contribution in [2.45, 2.75) is 12.7 Å². The number of carbonyl (C=O) groups is 1. The Morgan fingerprint density at radius 2 is 2.12 bits per heavy atom. The highest BCUT2D eigenvalue weighted by Gasteiger charge is 2.15. The van der Waals surface area contributed by atoms with Crippen LogP contribution in [-0.2, 0) is 20.6 Å². The van der Waals surface area contributed by atoms with E-state index in [0.717, 1.165) is 0 Å². The van der Waals surface area contributed by atoms with Gasteiger partial charge in [0, 0.05) is 5.56 Å². The smallest absolute Gasteiger partial charge is 0.318 e. The van der Waals surface area contributed by atoms with Crippen LogP contribution in [0.25, 0.3) is 0 Å². The number of nitrogens with one attached hydrogen (secondary N) is 1. The Hall–Kier alpha value is -1.47. The minimum Gasteiger partial charge on any atom is -0.480 e. The van der Waals surface area contributed by atoms with Gasteiger partial charge in [0.2, 0.25) is 10.0 Å². The first-order valence-electron chi connectivity index (χ1n) is 4.74. The maximum Gasteiger partial charge on any atom is 0.318 e. The molecule has 17 heavy (non-hydrogen) atoms. The van der Waals surface area contributed by atoms with Crippen LogP contribution in [0, 0.1) is 12.7 Å². The second kappa shape index (κ2) is 5.24. The van der Waals surface area contributed by atoms with E-state index >= 15 is 0 Å². The number of hydrogen-bond acceptors (Lipinski definition) is 3. The molecule has 0 atom stereocenters. The van der Waals surface area contributed by atoms with Crippen LogP contribution in [0.4, 0.5) is 4.39 Å². The van der Waals surface area contributed by atoms with Crippen LogP contribution in [-0.4, -0.2) is 26.0 Å². The van der Waals surface area contributed by atoms with Crippen molar-refractivity contribution in [1.29, 1.82) is 0 Å². The number of carboxylic acid groups (broad SMARTS) is 1. The molecule has 0 radical (unpaired) electrons. The van der Waals surface area contributed by atoms with Gasteiger partial charge in [0.25, 0.3) is 0 Å². The highest BCUT2D eigenvalue weighted by atomic mass is 32.2. The van der Waals surface area contributed by atoms with E-state index in [1.807, 2.05) is 4.72 Å². The van der Waals surface area contributed by atoms with E-state index in [1.54, 1.807) is 13.0 Å². The summed E-state index contributed by atoms with van der Waals surface area (Å²) < 4.78 is 38.0. The average molecular weight is 261 g/mol. The van der Waals surface area contributed by atoms with Crippen molar-refractivity contribution in [3.8, 4) is 0 Å². The van der Waals surface area contributed by atoms with Crippen molar-refractivity contribution < 1.29 is 22.7 Å². The fraction of sp³-hybridized carbons (Fsp3) is 0.300. The zero-order chi connectivity index (χ0) is 13.1. The molecule has 0 aliphatic rings. The van der Waals surface area contributed by atoms with Crippen LogP contribution in [0.3, 0.4) is 0 Å². The Morgan fingerprint density at radius 1 is 1.47 bits per heavy atom. The van der Waals surface area contributed by atoms with E-state index in [9.17, 15) is 17.6 Å². The third-order valence-corrected chi connectivity index (χ3v) is 3.27. The Kier molecular flexibility index (Phi) is 4.19. The summed E-state index contributed by atoms with van der Waals surface area (Å²) in [6, 6.07) is 4.18. The van der Waals surface area contributed by atoms with E-state index in [2.05, 4.69) is 0 Å². The van der Waals surface area contributed by atoms with Gasteiger partial charge < -0.3 is 5.11 Å². The van der Waals surface area contributed by atoms with Crippen LogP contribution >= 0.6 is 0 Å². The van der Waals surface area contributed by atoms with E-state index in [1.165, 1.54) is 12.1 Å². The lowest BCUT2D eigenvalue weighted by molar-refractivity contribution is -0.135. The summed E-state index contributed by atoms with van der Waals surface area (Å²) in [5.41, 5.74) is 0.690. The molecule has 1 aromatic carbocycles. The van der Waals surface area contributed by atoms with Crippen molar-refractivity contribution >= 4 is 16.0 Å². The third kappa shape index (κ3) is 4.49. The zero-order valence-corrected chi connectivity index (χ0v) is 9.92. The number of aryl methyl sites for hydroxylation is 1. The molecule has 2 N–H and O–H groups in total. The van der Waals surface area contributed by atoms with Crippen LogP contribution in [0.15, 0.2) is 18.2 Å². The largest absolute Gasteiger partial charge is 0.480 e. The van der Waals surface area contributed by atoms with E-state index in [4.69, 9.17) is 5.11 Å². The molecule has 0 aromatic heterocycles. The molecule has 0 aliphatic carbocycles. The quantitative estimate of drug-likeness (QED) is 0.814. The van der Waals surface area contributed by atoms with Crippen LogP contribution in [0.1, 0.15) is 11.1 Å².